The van der Waals surface area contributed by atoms with Crippen molar-refractivity contribution in [2.24, 2.45) is 5.92 Å². The van der Waals surface area contributed by atoms with Crippen LogP contribution < -0.4 is 4.74 Å². The van der Waals surface area contributed by atoms with Crippen molar-refractivity contribution < 1.29 is 24.3 Å². The lowest BCUT2D eigenvalue weighted by molar-refractivity contribution is -0.924. The Balaban J connectivity index is 1.59. The van der Waals surface area contributed by atoms with Gasteiger partial charge in [-0.3, -0.25) is 0 Å². The largest absolute Gasteiger partial charge is 0.632 e. The summed E-state index contributed by atoms with van der Waals surface area (Å²) in [6, 6.07) is 3.47. The molecule has 1 unspecified atom stereocenters. The predicted octanol–water partition coefficient (Wildman–Crippen LogP) is 2.76. The molecule has 6 rings (SSSR count). The van der Waals surface area contributed by atoms with Crippen LogP contribution in [0.15, 0.2) is 12.1 Å². The molecule has 1 saturated heterocycles. The number of aliphatic hydroxyl groups is 1. The first kappa shape index (κ1) is 18.4. The summed E-state index contributed by atoms with van der Waals surface area (Å²) in [4.78, 5) is 0. The number of rotatable bonds is 5. The third-order valence-electron chi connectivity index (χ3n) is 8.55. The maximum Gasteiger partial charge on any atom is 0.165 e. The maximum absolute atomic E-state index is 14.3. The van der Waals surface area contributed by atoms with Crippen LogP contribution in [0.25, 0.3) is 0 Å². The van der Waals surface area contributed by atoms with E-state index in [1.165, 1.54) is 12.8 Å². The second-order valence-electron chi connectivity index (χ2n) is 10.1. The highest BCUT2D eigenvalue weighted by Crippen LogP contribution is 2.67. The van der Waals surface area contributed by atoms with Crippen molar-refractivity contribution in [2.75, 3.05) is 19.7 Å². The molecule has 6 nitrogen and oxygen atoms in total. The SMILES string of the molecule is CCCO[C@@]12CC[C@H](O)[C@@H]3Oc4c(O)ccc5c4[C@@]31CC[N+]([O-])(CC1CC1)[C@@H]2C5. The molecule has 29 heavy (non-hydrogen) atoms. The number of phenolic OH excluding ortho intramolecular Hbond substituents is 1. The number of nitrogens with zero attached hydrogens (tertiary/aromatic N) is 1. The second kappa shape index (κ2) is 5.88. The number of hydroxylamine groups is 3. The van der Waals surface area contributed by atoms with Gasteiger partial charge in [0.25, 0.3) is 0 Å². The summed E-state index contributed by atoms with van der Waals surface area (Å²) in [6.07, 6.45) is 4.73. The van der Waals surface area contributed by atoms with E-state index >= 15 is 0 Å². The number of quaternary nitrogens is 1. The van der Waals surface area contributed by atoms with E-state index in [4.69, 9.17) is 9.47 Å². The van der Waals surface area contributed by atoms with E-state index in [0.29, 0.717) is 57.0 Å². The molecular formula is C23H31NO5. The fourth-order valence-corrected chi connectivity index (χ4v) is 7.28. The van der Waals surface area contributed by atoms with Gasteiger partial charge in [-0.25, -0.2) is 0 Å². The van der Waals surface area contributed by atoms with Crippen LogP contribution in [0.5, 0.6) is 11.5 Å². The van der Waals surface area contributed by atoms with Crippen LogP contribution >= 0.6 is 0 Å². The van der Waals surface area contributed by atoms with E-state index in [-0.39, 0.29) is 16.4 Å². The molecule has 5 aliphatic rings. The van der Waals surface area contributed by atoms with Gasteiger partial charge in [-0.2, -0.15) is 0 Å². The van der Waals surface area contributed by atoms with Crippen LogP contribution in [-0.2, 0) is 16.6 Å². The maximum atomic E-state index is 14.3. The molecule has 0 radical (unpaired) electrons. The zero-order valence-electron chi connectivity index (χ0n) is 17.1. The molecule has 2 aliphatic heterocycles. The molecule has 6 atom stereocenters. The summed E-state index contributed by atoms with van der Waals surface area (Å²) in [5.74, 6) is 1.20. The van der Waals surface area contributed by atoms with Crippen molar-refractivity contribution in [3.05, 3.63) is 28.5 Å². The fourth-order valence-electron chi connectivity index (χ4n) is 7.28. The zero-order chi connectivity index (χ0) is 20.0. The van der Waals surface area contributed by atoms with Gasteiger partial charge in [0.1, 0.15) is 17.7 Å². The van der Waals surface area contributed by atoms with Gasteiger partial charge in [0.15, 0.2) is 11.5 Å². The predicted molar refractivity (Wildman–Crippen MR) is 107 cm³/mol. The van der Waals surface area contributed by atoms with Crippen molar-refractivity contribution >= 4 is 0 Å². The molecule has 1 aromatic carbocycles. The zero-order valence-corrected chi connectivity index (χ0v) is 17.1. The first-order chi connectivity index (χ1) is 14.0. The Morgan fingerprint density at radius 1 is 1.28 bits per heavy atom. The molecule has 2 saturated carbocycles. The highest BCUT2D eigenvalue weighted by molar-refractivity contribution is 5.62. The standard InChI is InChI=1S/C23H31NO5/c1-2-11-28-23-8-7-17(26)21-22(23)9-10-24(27,13-14-3-4-14)18(23)12-15-5-6-16(25)20(29-21)19(15)22/h5-6,14,17-18,21,25-26H,2-4,7-13H2,1H3/t17-,18+,21-,22-,23+,24?/m0/s1. The van der Waals surface area contributed by atoms with Gasteiger partial charge in [-0.15, -0.1) is 0 Å². The molecule has 0 aromatic heterocycles. The molecular weight excluding hydrogens is 370 g/mol. The van der Waals surface area contributed by atoms with E-state index in [1.807, 2.05) is 6.07 Å². The minimum atomic E-state index is -0.631. The number of hydrogen-bond donors (Lipinski definition) is 2. The third kappa shape index (κ3) is 2.16. The summed E-state index contributed by atoms with van der Waals surface area (Å²) < 4.78 is 12.9. The van der Waals surface area contributed by atoms with Gasteiger partial charge >= 0.3 is 0 Å². The van der Waals surface area contributed by atoms with Crippen LogP contribution in [0.3, 0.4) is 0 Å². The first-order valence-corrected chi connectivity index (χ1v) is 11.4. The summed E-state index contributed by atoms with van der Waals surface area (Å²) in [5.41, 5.74) is 0.950. The summed E-state index contributed by atoms with van der Waals surface area (Å²) in [5, 5.41) is 35.9. The number of hydrogen-bond acceptors (Lipinski definition) is 5. The smallest absolute Gasteiger partial charge is 0.165 e. The van der Waals surface area contributed by atoms with E-state index in [1.54, 1.807) is 6.07 Å². The minimum absolute atomic E-state index is 0.133. The van der Waals surface area contributed by atoms with Crippen LogP contribution in [0.4, 0.5) is 0 Å². The Hall–Kier alpha value is -1.34. The third-order valence-corrected chi connectivity index (χ3v) is 8.55. The second-order valence-corrected chi connectivity index (χ2v) is 10.1. The highest BCUT2D eigenvalue weighted by atomic mass is 16.6. The summed E-state index contributed by atoms with van der Waals surface area (Å²) in [7, 11) is 0. The van der Waals surface area contributed by atoms with E-state index < -0.39 is 23.2 Å². The van der Waals surface area contributed by atoms with Crippen molar-refractivity contribution in [1.82, 2.24) is 0 Å². The van der Waals surface area contributed by atoms with Gasteiger partial charge < -0.3 is 29.5 Å². The molecule has 1 aromatic rings. The number of benzene rings is 1. The molecule has 0 amide bonds. The Morgan fingerprint density at radius 2 is 2.10 bits per heavy atom. The van der Waals surface area contributed by atoms with Crippen LogP contribution in [-0.4, -0.2) is 58.4 Å². The van der Waals surface area contributed by atoms with Crippen LogP contribution in [0.1, 0.15) is 56.6 Å². The molecule has 6 heteroatoms. The van der Waals surface area contributed by atoms with Crippen LogP contribution in [0, 0.1) is 11.1 Å². The van der Waals surface area contributed by atoms with Crippen LogP contribution in [0.2, 0.25) is 0 Å². The number of aromatic hydroxyl groups is 1. The van der Waals surface area contributed by atoms with Gasteiger partial charge in [-0.05, 0) is 43.7 Å². The quantitative estimate of drug-likeness (QED) is 0.586. The molecule has 3 aliphatic carbocycles. The molecule has 3 fully saturated rings. The molecule has 2 heterocycles. The van der Waals surface area contributed by atoms with E-state index in [0.717, 1.165) is 17.5 Å². The monoisotopic (exact) mass is 401 g/mol. The molecule has 158 valence electrons. The van der Waals surface area contributed by atoms with Gasteiger partial charge in [0.05, 0.1) is 24.6 Å². The average molecular weight is 402 g/mol. The highest BCUT2D eigenvalue weighted by Gasteiger charge is 2.76. The Labute approximate surface area is 171 Å². The van der Waals surface area contributed by atoms with Crippen molar-refractivity contribution in [2.45, 2.75) is 81.1 Å². The summed E-state index contributed by atoms with van der Waals surface area (Å²) in [6.45, 7) is 3.93. The van der Waals surface area contributed by atoms with Gasteiger partial charge in [-0.1, -0.05) is 13.0 Å². The number of likely N-dealkylation sites (tertiary alicyclic amines) is 1. The topological polar surface area (TPSA) is 82.0 Å². The van der Waals surface area contributed by atoms with Crippen molar-refractivity contribution in [3.8, 4) is 11.5 Å². The minimum Gasteiger partial charge on any atom is -0.632 e. The average Bonchev–Trinajstić information content (AvgIpc) is 3.43. The fraction of sp³-hybridized carbons (Fsp3) is 0.739. The lowest BCUT2D eigenvalue weighted by Crippen LogP contribution is -2.81. The normalized spacial score (nSPS) is 44.3. The molecule has 2 bridgehead atoms. The Morgan fingerprint density at radius 3 is 2.86 bits per heavy atom. The van der Waals surface area contributed by atoms with Crippen molar-refractivity contribution in [1.29, 1.82) is 0 Å². The van der Waals surface area contributed by atoms with Gasteiger partial charge in [0, 0.05) is 30.9 Å². The number of aliphatic hydroxyl groups excluding tert-OH is 1. The Kier molecular flexibility index (Phi) is 3.73. The lowest BCUT2D eigenvalue weighted by atomic mass is 9.48. The van der Waals surface area contributed by atoms with E-state index in [9.17, 15) is 15.4 Å². The number of phenols is 1. The molecule has 2 N–H and O–H groups in total. The van der Waals surface area contributed by atoms with Crippen molar-refractivity contribution in [3.63, 3.8) is 0 Å². The number of ether oxygens (including phenoxy) is 2. The number of piperidine rings is 1. The van der Waals surface area contributed by atoms with Gasteiger partial charge in [0.2, 0.25) is 0 Å². The first-order valence-electron chi connectivity index (χ1n) is 11.4. The lowest BCUT2D eigenvalue weighted by Gasteiger charge is -2.69. The summed E-state index contributed by atoms with van der Waals surface area (Å²) >= 11 is 0. The molecule has 1 spiro atoms. The Bertz CT molecular complexity index is 852. The van der Waals surface area contributed by atoms with E-state index in [2.05, 4.69) is 6.92 Å².